The molecule has 0 N–H and O–H groups in total. The first kappa shape index (κ1) is 20.3. The first-order valence-corrected chi connectivity index (χ1v) is 9.60. The van der Waals surface area contributed by atoms with Crippen LogP contribution in [-0.2, 0) is 19.1 Å². The van der Waals surface area contributed by atoms with Crippen molar-refractivity contribution in [3.8, 4) is 11.1 Å². The molecule has 2 aromatic carbocycles. The maximum absolute atomic E-state index is 13.2. The van der Waals surface area contributed by atoms with Gasteiger partial charge in [-0.25, -0.2) is 0 Å². The SMILES string of the molecule is CCC(=O)OC1=C(c2cc(-c3ccc(Cl)cc3)ccc2C)C(=O)C(C)(C)OC1. The van der Waals surface area contributed by atoms with Crippen LogP contribution < -0.4 is 0 Å². The standard InChI is InChI=1S/C23H23ClO4/c1-5-20(25)28-19-13-27-23(3,4)22(26)21(19)18-12-16(7-6-14(18)2)15-8-10-17(24)11-9-15/h6-12H,5,13H2,1-4H3. The van der Waals surface area contributed by atoms with E-state index in [-0.39, 0.29) is 24.6 Å². The molecule has 28 heavy (non-hydrogen) atoms. The van der Waals surface area contributed by atoms with E-state index in [1.807, 2.05) is 49.4 Å². The Morgan fingerprint density at radius 1 is 1.14 bits per heavy atom. The second-order valence-corrected chi connectivity index (χ2v) is 7.73. The topological polar surface area (TPSA) is 52.6 Å². The summed E-state index contributed by atoms with van der Waals surface area (Å²) in [4.78, 5) is 25.1. The van der Waals surface area contributed by atoms with Gasteiger partial charge in [0.15, 0.2) is 5.78 Å². The number of aryl methyl sites for hydroxylation is 1. The number of esters is 1. The molecule has 1 aliphatic heterocycles. The summed E-state index contributed by atoms with van der Waals surface area (Å²) in [5.41, 5.74) is 3.02. The van der Waals surface area contributed by atoms with Gasteiger partial charge in [0, 0.05) is 11.4 Å². The minimum absolute atomic E-state index is 0.0738. The Kier molecular flexibility index (Phi) is 5.73. The van der Waals surface area contributed by atoms with Crippen molar-refractivity contribution in [2.75, 3.05) is 6.61 Å². The molecule has 1 aliphatic rings. The van der Waals surface area contributed by atoms with Crippen LogP contribution in [0.3, 0.4) is 0 Å². The molecular formula is C23H23ClO4. The molecule has 146 valence electrons. The molecule has 1 heterocycles. The smallest absolute Gasteiger partial charge is 0.310 e. The lowest BCUT2D eigenvalue weighted by Gasteiger charge is -2.32. The highest BCUT2D eigenvalue weighted by Gasteiger charge is 2.39. The second-order valence-electron chi connectivity index (χ2n) is 7.29. The van der Waals surface area contributed by atoms with Crippen molar-refractivity contribution in [3.63, 3.8) is 0 Å². The monoisotopic (exact) mass is 398 g/mol. The van der Waals surface area contributed by atoms with Gasteiger partial charge in [0.25, 0.3) is 0 Å². The quantitative estimate of drug-likeness (QED) is 0.651. The third-order valence-corrected chi connectivity index (χ3v) is 5.08. The van der Waals surface area contributed by atoms with Gasteiger partial charge >= 0.3 is 5.97 Å². The fraction of sp³-hybridized carbons (Fsp3) is 0.304. The molecule has 0 fully saturated rings. The molecule has 0 radical (unpaired) electrons. The molecule has 0 aliphatic carbocycles. The van der Waals surface area contributed by atoms with Crippen LogP contribution in [0.1, 0.15) is 38.3 Å². The Morgan fingerprint density at radius 2 is 1.79 bits per heavy atom. The number of carbonyl (C=O) groups is 2. The van der Waals surface area contributed by atoms with Crippen molar-refractivity contribution in [1.82, 2.24) is 0 Å². The molecule has 0 amide bonds. The Balaban J connectivity index is 2.16. The van der Waals surface area contributed by atoms with E-state index in [2.05, 4.69) is 0 Å². The Labute approximate surface area is 170 Å². The summed E-state index contributed by atoms with van der Waals surface area (Å²) in [6.45, 7) is 7.18. The van der Waals surface area contributed by atoms with Crippen LogP contribution in [0.2, 0.25) is 5.02 Å². The summed E-state index contributed by atoms with van der Waals surface area (Å²) in [6.07, 6.45) is 0.220. The minimum atomic E-state index is -0.986. The summed E-state index contributed by atoms with van der Waals surface area (Å²) >= 11 is 5.99. The largest absolute Gasteiger partial charge is 0.428 e. The van der Waals surface area contributed by atoms with Crippen molar-refractivity contribution < 1.29 is 19.1 Å². The van der Waals surface area contributed by atoms with Gasteiger partial charge < -0.3 is 9.47 Å². The highest BCUT2D eigenvalue weighted by atomic mass is 35.5. The van der Waals surface area contributed by atoms with Gasteiger partial charge in [-0.3, -0.25) is 9.59 Å². The van der Waals surface area contributed by atoms with E-state index in [0.29, 0.717) is 10.6 Å². The summed E-state index contributed by atoms with van der Waals surface area (Å²) in [6, 6.07) is 13.4. The van der Waals surface area contributed by atoms with Gasteiger partial charge in [-0.2, -0.15) is 0 Å². The Morgan fingerprint density at radius 3 is 2.43 bits per heavy atom. The van der Waals surface area contributed by atoms with E-state index >= 15 is 0 Å². The molecule has 0 unspecified atom stereocenters. The highest BCUT2D eigenvalue weighted by molar-refractivity contribution is 6.30. The molecule has 0 atom stereocenters. The van der Waals surface area contributed by atoms with Gasteiger partial charge in [-0.15, -0.1) is 0 Å². The van der Waals surface area contributed by atoms with Gasteiger partial charge in [-0.05, 0) is 61.2 Å². The molecule has 0 saturated heterocycles. The van der Waals surface area contributed by atoms with Crippen molar-refractivity contribution in [2.45, 2.75) is 39.7 Å². The van der Waals surface area contributed by atoms with Crippen molar-refractivity contribution in [3.05, 3.63) is 64.4 Å². The van der Waals surface area contributed by atoms with Gasteiger partial charge in [0.2, 0.25) is 0 Å². The molecule has 0 aromatic heterocycles. The molecule has 3 rings (SSSR count). The second kappa shape index (κ2) is 7.90. The molecule has 0 spiro atoms. The minimum Gasteiger partial charge on any atom is -0.428 e. The summed E-state index contributed by atoms with van der Waals surface area (Å²) in [7, 11) is 0. The Bertz CT molecular complexity index is 955. The zero-order valence-electron chi connectivity index (χ0n) is 16.5. The summed E-state index contributed by atoms with van der Waals surface area (Å²) < 4.78 is 11.1. The normalized spacial score (nSPS) is 16.2. The number of carbonyl (C=O) groups excluding carboxylic acids is 2. The van der Waals surface area contributed by atoms with E-state index in [1.165, 1.54) is 0 Å². The summed E-state index contributed by atoms with van der Waals surface area (Å²) in [5, 5.41) is 0.661. The third kappa shape index (κ3) is 4.03. The Hall–Kier alpha value is -2.43. The molecular weight excluding hydrogens is 376 g/mol. The van der Waals surface area contributed by atoms with Crippen LogP contribution in [0.5, 0.6) is 0 Å². The van der Waals surface area contributed by atoms with Crippen LogP contribution in [0.25, 0.3) is 16.7 Å². The molecule has 2 aromatic rings. The van der Waals surface area contributed by atoms with E-state index in [0.717, 1.165) is 22.3 Å². The lowest BCUT2D eigenvalue weighted by atomic mass is 9.85. The number of ketones is 1. The number of hydrogen-bond donors (Lipinski definition) is 0. The van der Waals surface area contributed by atoms with Crippen LogP contribution in [0, 0.1) is 6.92 Å². The first-order valence-electron chi connectivity index (χ1n) is 9.22. The van der Waals surface area contributed by atoms with Gasteiger partial charge in [-0.1, -0.05) is 42.8 Å². The zero-order valence-corrected chi connectivity index (χ0v) is 17.2. The zero-order chi connectivity index (χ0) is 20.5. The maximum Gasteiger partial charge on any atom is 0.310 e. The number of rotatable bonds is 4. The first-order chi connectivity index (χ1) is 13.2. The summed E-state index contributed by atoms with van der Waals surface area (Å²) in [5.74, 6) is -0.323. The van der Waals surface area contributed by atoms with Crippen LogP contribution in [0.4, 0.5) is 0 Å². The lowest BCUT2D eigenvalue weighted by molar-refractivity contribution is -0.145. The number of ether oxygens (including phenoxy) is 2. The van der Waals surface area contributed by atoms with Crippen LogP contribution in [0.15, 0.2) is 48.2 Å². The van der Waals surface area contributed by atoms with Crippen molar-refractivity contribution >= 4 is 28.9 Å². The fourth-order valence-corrected chi connectivity index (χ4v) is 3.21. The number of benzene rings is 2. The molecule has 4 nitrogen and oxygen atoms in total. The van der Waals surface area contributed by atoms with E-state index in [1.54, 1.807) is 20.8 Å². The van der Waals surface area contributed by atoms with Crippen LogP contribution >= 0.6 is 11.6 Å². The number of Topliss-reactive ketones (excluding diaryl/α,β-unsaturated/α-hetero) is 1. The van der Waals surface area contributed by atoms with E-state index < -0.39 is 11.6 Å². The predicted octanol–water partition coefficient (Wildman–Crippen LogP) is 5.36. The average Bonchev–Trinajstić information content (AvgIpc) is 2.67. The van der Waals surface area contributed by atoms with E-state index in [9.17, 15) is 9.59 Å². The maximum atomic E-state index is 13.2. The van der Waals surface area contributed by atoms with Crippen molar-refractivity contribution in [2.24, 2.45) is 0 Å². The predicted molar refractivity (Wildman–Crippen MR) is 110 cm³/mol. The van der Waals surface area contributed by atoms with Crippen LogP contribution in [-0.4, -0.2) is 24.0 Å². The lowest BCUT2D eigenvalue weighted by Crippen LogP contribution is -2.41. The fourth-order valence-electron chi connectivity index (χ4n) is 3.09. The van der Waals surface area contributed by atoms with Gasteiger partial charge in [0.05, 0.1) is 5.57 Å². The van der Waals surface area contributed by atoms with E-state index in [4.69, 9.17) is 21.1 Å². The average molecular weight is 399 g/mol. The van der Waals surface area contributed by atoms with Gasteiger partial charge in [0.1, 0.15) is 18.0 Å². The third-order valence-electron chi connectivity index (χ3n) is 4.83. The highest BCUT2D eigenvalue weighted by Crippen LogP contribution is 2.36. The molecule has 0 bridgehead atoms. The molecule has 5 heteroatoms. The number of hydrogen-bond acceptors (Lipinski definition) is 4. The van der Waals surface area contributed by atoms with Crippen molar-refractivity contribution in [1.29, 1.82) is 0 Å². The molecule has 0 saturated carbocycles. The number of halogens is 1.